The summed E-state index contributed by atoms with van der Waals surface area (Å²) in [5.41, 5.74) is 3.31. The molecule has 8 amide bonds. The first-order valence-corrected chi connectivity index (χ1v) is 39.7. The zero-order valence-electron chi connectivity index (χ0n) is 62.5. The summed E-state index contributed by atoms with van der Waals surface area (Å²) in [7, 11) is -2.05. The minimum atomic E-state index is -5.02. The third-order valence-electron chi connectivity index (χ3n) is 18.4. The summed E-state index contributed by atoms with van der Waals surface area (Å²) in [4.78, 5) is 148. The van der Waals surface area contributed by atoms with Crippen LogP contribution in [0.4, 0.5) is 26.7 Å². The average molecular weight is 1620 g/mol. The molecule has 3 aliphatic heterocycles. The molecule has 0 saturated heterocycles. The predicted molar refractivity (Wildman–Crippen MR) is 414 cm³/mol. The van der Waals surface area contributed by atoms with Gasteiger partial charge in [0, 0.05) is 137 Å². The number of Topliss-reactive ketones (excluding diaryl/α,β-unsaturated/α-hetero) is 1. The molecule has 30 nitrogen and oxygen atoms in total. The second kappa shape index (κ2) is 42.9. The Balaban J connectivity index is 0.702. The van der Waals surface area contributed by atoms with Crippen LogP contribution in [-0.2, 0) is 77.8 Å². The third-order valence-corrected chi connectivity index (χ3v) is 20.7. The van der Waals surface area contributed by atoms with Gasteiger partial charge in [0.2, 0.25) is 11.8 Å². The fourth-order valence-corrected chi connectivity index (χ4v) is 14.5. The topological polar surface area (TPSA) is 353 Å². The Morgan fingerprint density at radius 3 is 1.52 bits per heavy atom. The van der Waals surface area contributed by atoms with E-state index in [-0.39, 0.29) is 179 Å². The van der Waals surface area contributed by atoms with Crippen molar-refractivity contribution in [2.24, 2.45) is 11.8 Å². The number of phosphoric acid groups is 1. The number of thiophene rings is 1. The summed E-state index contributed by atoms with van der Waals surface area (Å²) >= 11 is 14.1. The minimum Gasteiger partial charge on any atom is -0.445 e. The van der Waals surface area contributed by atoms with Gasteiger partial charge in [0.25, 0.3) is 23.6 Å². The number of ketones is 1. The Morgan fingerprint density at radius 2 is 1.05 bits per heavy atom. The van der Waals surface area contributed by atoms with E-state index < -0.39 is 49.7 Å². The van der Waals surface area contributed by atoms with Crippen molar-refractivity contribution in [3.8, 4) is 11.5 Å². The van der Waals surface area contributed by atoms with Crippen LogP contribution in [-0.4, -0.2) is 248 Å². The number of carbonyl (C=O) groups is 9. The fraction of sp³-hybridized carbons (Fsp3) is 0.468. The van der Waals surface area contributed by atoms with E-state index in [0.717, 1.165) is 27.4 Å². The number of hydrogen-bond acceptors (Lipinski definition) is 22. The molecule has 5 aromatic carbocycles. The van der Waals surface area contributed by atoms with E-state index in [0.29, 0.717) is 97.0 Å². The molecule has 0 radical (unpaired) electrons. The second-order valence-electron chi connectivity index (χ2n) is 26.5. The largest absolute Gasteiger partial charge is 0.524 e. The van der Waals surface area contributed by atoms with Crippen molar-refractivity contribution in [1.29, 1.82) is 0 Å². The first-order valence-electron chi connectivity index (χ1n) is 36.3. The summed E-state index contributed by atoms with van der Waals surface area (Å²) in [5, 5.41) is 7.95. The summed E-state index contributed by atoms with van der Waals surface area (Å²) in [5.74, 6) is -4.10. The zero-order valence-corrected chi connectivity index (χ0v) is 65.7. The molecule has 4 N–H and O–H groups in total. The normalized spacial score (nSPS) is 15.1. The Kier molecular flexibility index (Phi) is 33.5. The summed E-state index contributed by atoms with van der Waals surface area (Å²) in [6.45, 7) is 9.60. The highest BCUT2D eigenvalue weighted by atomic mass is 35.5. The number of rotatable bonds is 46. The van der Waals surface area contributed by atoms with E-state index in [4.69, 9.17) is 75.1 Å². The first kappa shape index (κ1) is 86.5. The Hall–Kier alpha value is -8.50. The molecule has 600 valence electrons. The fourth-order valence-electron chi connectivity index (χ4n) is 12.7. The van der Waals surface area contributed by atoms with E-state index in [1.54, 1.807) is 105 Å². The first-order chi connectivity index (χ1) is 53.5. The monoisotopic (exact) mass is 1620 g/mol. The predicted octanol–water partition coefficient (Wildman–Crippen LogP) is 9.31. The number of alkyl halides is 2. The van der Waals surface area contributed by atoms with Crippen LogP contribution in [0.15, 0.2) is 109 Å². The minimum absolute atomic E-state index is 0.00712. The van der Waals surface area contributed by atoms with Crippen molar-refractivity contribution in [1.82, 2.24) is 20.0 Å². The summed E-state index contributed by atoms with van der Waals surface area (Å²) in [6.07, 6.45) is 0.846. The molecule has 4 atom stereocenters. The van der Waals surface area contributed by atoms with Gasteiger partial charge in [-0.15, -0.1) is 34.5 Å². The Bertz CT molecular complexity index is 4280. The van der Waals surface area contributed by atoms with Gasteiger partial charge in [-0.1, -0.05) is 81.4 Å². The van der Waals surface area contributed by atoms with Gasteiger partial charge in [-0.05, 0) is 57.6 Å². The van der Waals surface area contributed by atoms with Crippen molar-refractivity contribution < 1.29 is 109 Å². The molecule has 0 spiro atoms. The number of carbonyl (C=O) groups excluding carboxylic acids is 9. The number of nitrogens with one attached hydrogen (secondary N) is 2. The highest BCUT2D eigenvalue weighted by molar-refractivity contribution is 7.46. The molecular formula is C77H94Cl2N7O23PS. The molecule has 0 unspecified atom stereocenters. The number of ether oxygens (including phenoxy) is 10. The average Bonchev–Trinajstić information content (AvgIpc) is 1.61. The van der Waals surface area contributed by atoms with E-state index in [1.807, 2.05) is 12.1 Å². The number of amides is 8. The van der Waals surface area contributed by atoms with Crippen molar-refractivity contribution in [2.75, 3.05) is 179 Å². The van der Waals surface area contributed by atoms with E-state index >= 15 is 0 Å². The van der Waals surface area contributed by atoms with Crippen molar-refractivity contribution in [3.63, 3.8) is 0 Å². The lowest BCUT2D eigenvalue weighted by Gasteiger charge is -2.27. The zero-order chi connectivity index (χ0) is 79.6. The van der Waals surface area contributed by atoms with Crippen LogP contribution in [0.3, 0.4) is 0 Å². The van der Waals surface area contributed by atoms with Gasteiger partial charge in [-0.3, -0.25) is 48.2 Å². The van der Waals surface area contributed by atoms with Gasteiger partial charge in [0.1, 0.15) is 18.1 Å². The second-order valence-corrected chi connectivity index (χ2v) is 29.4. The number of nitrogens with zero attached hydrogens (tertiary/aromatic N) is 5. The molecule has 4 heterocycles. The van der Waals surface area contributed by atoms with Crippen LogP contribution >= 0.6 is 42.4 Å². The molecule has 34 heteroatoms. The van der Waals surface area contributed by atoms with Gasteiger partial charge in [0.15, 0.2) is 5.78 Å². The van der Waals surface area contributed by atoms with E-state index in [2.05, 4.69) is 10.6 Å². The number of fused-ring (bicyclic) bond motifs is 6. The lowest BCUT2D eigenvalue weighted by molar-refractivity contribution is -0.137. The molecule has 0 aliphatic carbocycles. The highest BCUT2D eigenvalue weighted by Crippen LogP contribution is 2.50. The molecule has 111 heavy (non-hydrogen) atoms. The number of methoxy groups -OCH3 is 2. The SMILES string of the molecule is COCCN(CCN(CCOC)C(=O)Oc1cc2c(c3ccccc13)[C@H](CCl)CN2C(=O)c1ccc(C(=O)N2C[C@@H](CCl)c3c2cc(OP(=O)(O)O)c2ccccc32)s1)C(=O)OCc1ccc(NC(=O)[C@H](C)CC(=O)[C@@H](NC(=O)CCOCCOCCOCCOCCOCCOCCN2C(=O)C=CC2=O)C(C)C)cc1. The van der Waals surface area contributed by atoms with Crippen molar-refractivity contribution in [3.05, 3.63) is 136 Å². The van der Waals surface area contributed by atoms with Gasteiger partial charge in [0.05, 0.1) is 126 Å². The highest BCUT2D eigenvalue weighted by Gasteiger charge is 2.40. The third kappa shape index (κ3) is 24.3. The number of halogens is 2. The molecular weight excluding hydrogens is 1520 g/mol. The maximum Gasteiger partial charge on any atom is 0.524 e. The molecule has 9 rings (SSSR count). The molecule has 3 aliphatic rings. The van der Waals surface area contributed by atoms with Gasteiger partial charge in [-0.2, -0.15) is 0 Å². The molecule has 6 aromatic rings. The molecule has 0 saturated carbocycles. The quantitative estimate of drug-likeness (QED) is 0.0120. The van der Waals surface area contributed by atoms with E-state index in [1.165, 1.54) is 47.1 Å². The van der Waals surface area contributed by atoms with Crippen molar-refractivity contribution >= 4 is 134 Å². The van der Waals surface area contributed by atoms with E-state index in [9.17, 15) is 57.5 Å². The maximum atomic E-state index is 14.8. The molecule has 1 aromatic heterocycles. The maximum absolute atomic E-state index is 14.8. The van der Waals surface area contributed by atoms with Crippen LogP contribution in [0.25, 0.3) is 21.5 Å². The number of benzene rings is 5. The van der Waals surface area contributed by atoms with Crippen LogP contribution in [0.1, 0.15) is 81.5 Å². The number of anilines is 3. The van der Waals surface area contributed by atoms with Crippen molar-refractivity contribution in [2.45, 2.75) is 58.1 Å². The van der Waals surface area contributed by atoms with Gasteiger partial charge < -0.3 is 82.1 Å². The van der Waals surface area contributed by atoms with Crippen LogP contribution in [0.5, 0.6) is 11.5 Å². The lowest BCUT2D eigenvalue weighted by Crippen LogP contribution is -2.45. The van der Waals surface area contributed by atoms with Crippen LogP contribution in [0, 0.1) is 11.8 Å². The standard InChI is InChI=1S/C77H94Cl2N7O23PS/c1-50(2)72(81-67(88)22-28-101-32-34-103-36-38-105-40-41-106-39-37-104-35-33-102-31-27-84-68(89)20-21-69(84)90)62(87)42-51(3)73(91)80-55-16-14-52(15-17-55)49-107-76(94)82(25-29-99-4)23-24-83(26-30-100-5)77(95)108-63-43-60-70(58-12-8-6-10-56(58)63)53(45-78)47-85(60)74(92)65-18-19-66(111-65)75(93)86-48-54(46-79)71-59-13-9-7-11-57(59)64(44-61(71)86)109-110(96,97)98/h6-21,43-44,50-51,53-54,72H,22-42,45-49H2,1-5H3,(H,80,91)(H,81,88)(H2,96,97,98)/t51-,53-,54-,72+/m1/s1. The van der Waals surface area contributed by atoms with Crippen LogP contribution in [0.2, 0.25) is 0 Å². The number of hydrogen-bond donors (Lipinski definition) is 4. The van der Waals surface area contributed by atoms with Crippen LogP contribution < -0.4 is 29.7 Å². The van der Waals surface area contributed by atoms with Gasteiger partial charge >= 0.3 is 20.0 Å². The lowest BCUT2D eigenvalue weighted by atomic mass is 9.92. The summed E-state index contributed by atoms with van der Waals surface area (Å²) in [6, 6.07) is 26.1. The summed E-state index contributed by atoms with van der Waals surface area (Å²) < 4.78 is 72.9. The number of phosphoric ester groups is 1. The number of imide groups is 1. The van der Waals surface area contributed by atoms with Gasteiger partial charge in [-0.25, -0.2) is 14.2 Å². The molecule has 0 fully saturated rings. The smallest absolute Gasteiger partial charge is 0.445 e. The Labute approximate surface area is 656 Å². The Morgan fingerprint density at radius 1 is 0.586 bits per heavy atom. The molecule has 0 bridgehead atoms.